The van der Waals surface area contributed by atoms with Gasteiger partial charge in [0.05, 0.1) is 32.0 Å². The predicted octanol–water partition coefficient (Wildman–Crippen LogP) is 20.1. The number of unbranched alkanes of at least 4 members (excludes halogenated alkanes) is 45. The van der Waals surface area contributed by atoms with Gasteiger partial charge in [0.15, 0.2) is 6.29 Å². The van der Waals surface area contributed by atoms with E-state index in [2.05, 4.69) is 67.8 Å². The molecule has 11 heteroatoms. The Morgan fingerprint density at radius 2 is 0.775 bits per heavy atom. The highest BCUT2D eigenvalue weighted by molar-refractivity contribution is 5.76. The molecule has 6 N–H and O–H groups in total. The maximum absolute atomic E-state index is 13.1. The molecular formula is C78H143NO10. The predicted molar refractivity (Wildman–Crippen MR) is 375 cm³/mol. The van der Waals surface area contributed by atoms with Crippen LogP contribution in [0.25, 0.3) is 0 Å². The molecule has 0 aromatic carbocycles. The van der Waals surface area contributed by atoms with Crippen LogP contribution in [-0.2, 0) is 23.8 Å². The van der Waals surface area contributed by atoms with Crippen LogP contribution in [0.15, 0.2) is 60.8 Å². The van der Waals surface area contributed by atoms with Gasteiger partial charge in [-0.05, 0) is 96.3 Å². The zero-order chi connectivity index (χ0) is 64.4. The summed E-state index contributed by atoms with van der Waals surface area (Å²) in [4.78, 5) is 25.1. The van der Waals surface area contributed by atoms with Gasteiger partial charge in [0, 0.05) is 12.8 Å². The van der Waals surface area contributed by atoms with E-state index < -0.39 is 49.5 Å². The lowest BCUT2D eigenvalue weighted by atomic mass is 9.99. The Hall–Kier alpha value is -2.64. The van der Waals surface area contributed by atoms with Crippen LogP contribution in [0.1, 0.15) is 361 Å². The van der Waals surface area contributed by atoms with Crippen molar-refractivity contribution in [3.8, 4) is 0 Å². The lowest BCUT2D eigenvalue weighted by Crippen LogP contribution is -2.60. The van der Waals surface area contributed by atoms with Crippen LogP contribution in [0.3, 0.4) is 0 Å². The summed E-state index contributed by atoms with van der Waals surface area (Å²) in [6, 6.07) is -0.826. The number of amides is 1. The summed E-state index contributed by atoms with van der Waals surface area (Å²) in [7, 11) is 0. The summed E-state index contributed by atoms with van der Waals surface area (Å²) >= 11 is 0. The zero-order valence-electron chi connectivity index (χ0n) is 57.9. The normalized spacial score (nSPS) is 18.0. The maximum Gasteiger partial charge on any atom is 0.305 e. The molecule has 520 valence electrons. The average molecular weight is 1250 g/mol. The Labute approximate surface area is 548 Å². The molecule has 1 heterocycles. The Morgan fingerprint density at radius 1 is 0.416 bits per heavy atom. The number of carbonyl (C=O) groups excluding carboxylic acids is 2. The quantitative estimate of drug-likeness (QED) is 0.0195. The molecule has 89 heavy (non-hydrogen) atoms. The monoisotopic (exact) mass is 1250 g/mol. The minimum Gasteiger partial charge on any atom is -0.466 e. The topological polar surface area (TPSA) is 175 Å². The number of hydrogen-bond acceptors (Lipinski definition) is 10. The molecule has 1 rings (SSSR count). The van der Waals surface area contributed by atoms with Crippen LogP contribution in [0, 0.1) is 0 Å². The highest BCUT2D eigenvalue weighted by Crippen LogP contribution is 2.23. The molecule has 1 fully saturated rings. The number of allylic oxidation sites excluding steroid dienone is 9. The first kappa shape index (κ1) is 84.4. The molecule has 7 unspecified atom stereocenters. The third-order valence-corrected chi connectivity index (χ3v) is 17.8. The molecule has 0 saturated carbocycles. The first-order valence-electron chi connectivity index (χ1n) is 38.1. The van der Waals surface area contributed by atoms with Crippen LogP contribution in [0.4, 0.5) is 0 Å². The first-order valence-corrected chi connectivity index (χ1v) is 38.1. The second kappa shape index (κ2) is 66.8. The molecule has 1 aliphatic heterocycles. The summed E-state index contributed by atoms with van der Waals surface area (Å²) in [5, 5.41) is 54.5. The van der Waals surface area contributed by atoms with Crippen LogP contribution >= 0.6 is 0 Å². The maximum atomic E-state index is 13.1. The standard InChI is InChI=1S/C78H143NO10/c1-3-5-7-9-11-13-15-41-45-48-52-56-60-64-71(81)70(69-88-78-77(86)76(85)75(84)72(68-80)89-78)79-73(82)65-61-57-53-49-46-42-39-37-35-33-31-29-27-25-23-21-19-17-16-18-20-22-24-26-28-30-32-34-36-38-40-43-47-51-55-59-63-67-87-74(83)66-62-58-54-50-44-14-12-10-8-6-4-2/h10,12,16,18,22,24,45,48,60,64,70-72,75-78,80-81,84-86H,3-9,11,13-15,17,19-21,23,25-44,46-47,49-59,61-63,65-69H2,1-2H3,(H,79,82)/b12-10-,18-16-,24-22-,48-45+,64-60+. The molecule has 0 radical (unpaired) electrons. The fraction of sp³-hybridized carbons (Fsp3) is 0.846. The van der Waals surface area contributed by atoms with E-state index >= 15 is 0 Å². The van der Waals surface area contributed by atoms with Crippen molar-refractivity contribution in [3.63, 3.8) is 0 Å². The molecule has 1 saturated heterocycles. The summed E-state index contributed by atoms with van der Waals surface area (Å²) in [6.07, 6.45) is 79.6. The van der Waals surface area contributed by atoms with Gasteiger partial charge in [-0.25, -0.2) is 0 Å². The number of ether oxygens (including phenoxy) is 3. The van der Waals surface area contributed by atoms with E-state index in [1.807, 2.05) is 6.08 Å². The molecule has 0 spiro atoms. The number of nitrogens with one attached hydrogen (secondary N) is 1. The van der Waals surface area contributed by atoms with E-state index in [1.165, 1.54) is 270 Å². The number of esters is 1. The molecule has 0 aliphatic carbocycles. The van der Waals surface area contributed by atoms with Gasteiger partial charge in [0.25, 0.3) is 0 Å². The average Bonchev–Trinajstić information content (AvgIpc) is 2.10. The smallest absolute Gasteiger partial charge is 0.305 e. The third kappa shape index (κ3) is 55.5. The van der Waals surface area contributed by atoms with E-state index in [1.54, 1.807) is 6.08 Å². The van der Waals surface area contributed by atoms with E-state index in [9.17, 15) is 35.1 Å². The Morgan fingerprint density at radius 3 is 1.21 bits per heavy atom. The number of aliphatic hydroxyl groups is 5. The van der Waals surface area contributed by atoms with Crippen molar-refractivity contribution in [2.75, 3.05) is 19.8 Å². The van der Waals surface area contributed by atoms with Gasteiger partial charge in [-0.2, -0.15) is 0 Å². The molecule has 11 nitrogen and oxygen atoms in total. The van der Waals surface area contributed by atoms with Crippen LogP contribution in [0.5, 0.6) is 0 Å². The van der Waals surface area contributed by atoms with Gasteiger partial charge in [-0.15, -0.1) is 0 Å². The minimum atomic E-state index is -1.58. The van der Waals surface area contributed by atoms with Crippen molar-refractivity contribution in [3.05, 3.63) is 60.8 Å². The SMILES string of the molecule is CCCC/C=C\CCCCCCCC(=O)OCCCCCCCCCCCCCCC/C=C\C/C=C\CCCCCCCCCCCCCCCCCCCC(=O)NC(COC1OC(CO)C(O)C(O)C1O)C(O)/C=C/CC/C=C/CCCCCCCCC. The zero-order valence-corrected chi connectivity index (χ0v) is 57.9. The molecule has 7 atom stereocenters. The van der Waals surface area contributed by atoms with Crippen molar-refractivity contribution in [1.29, 1.82) is 0 Å². The molecule has 0 aromatic heterocycles. The van der Waals surface area contributed by atoms with Gasteiger partial charge >= 0.3 is 5.97 Å². The Kier molecular flexibility index (Phi) is 63.3. The van der Waals surface area contributed by atoms with E-state index in [0.29, 0.717) is 19.4 Å². The highest BCUT2D eigenvalue weighted by Gasteiger charge is 2.44. The number of aliphatic hydroxyl groups excluding tert-OH is 5. The lowest BCUT2D eigenvalue weighted by Gasteiger charge is -2.40. The van der Waals surface area contributed by atoms with E-state index in [-0.39, 0.29) is 18.5 Å². The van der Waals surface area contributed by atoms with Gasteiger partial charge in [0.2, 0.25) is 5.91 Å². The summed E-state index contributed by atoms with van der Waals surface area (Å²) in [5.74, 6) is -0.187. The second-order valence-electron chi connectivity index (χ2n) is 26.3. The Bertz CT molecular complexity index is 1660. The fourth-order valence-corrected chi connectivity index (χ4v) is 11.8. The minimum absolute atomic E-state index is 0.00118. The van der Waals surface area contributed by atoms with Crippen LogP contribution in [0.2, 0.25) is 0 Å². The van der Waals surface area contributed by atoms with Crippen molar-refractivity contribution in [1.82, 2.24) is 5.32 Å². The van der Waals surface area contributed by atoms with Crippen molar-refractivity contribution < 1.29 is 49.3 Å². The van der Waals surface area contributed by atoms with Gasteiger partial charge in [0.1, 0.15) is 24.4 Å². The molecule has 0 aromatic rings. The molecule has 1 aliphatic rings. The van der Waals surface area contributed by atoms with Gasteiger partial charge in [-0.3, -0.25) is 9.59 Å². The molecule has 1 amide bonds. The first-order chi connectivity index (χ1) is 43.7. The number of hydrogen-bond donors (Lipinski definition) is 6. The fourth-order valence-electron chi connectivity index (χ4n) is 11.8. The van der Waals surface area contributed by atoms with E-state index in [0.717, 1.165) is 64.2 Å². The molecule has 0 bridgehead atoms. The van der Waals surface area contributed by atoms with Crippen LogP contribution in [-0.4, -0.2) is 100 Å². The van der Waals surface area contributed by atoms with Crippen molar-refractivity contribution in [2.45, 2.75) is 403 Å². The lowest BCUT2D eigenvalue weighted by molar-refractivity contribution is -0.302. The largest absolute Gasteiger partial charge is 0.466 e. The summed E-state index contributed by atoms with van der Waals surface area (Å²) < 4.78 is 16.7. The highest BCUT2D eigenvalue weighted by atomic mass is 16.7. The molecular weight excluding hydrogens is 1110 g/mol. The Balaban J connectivity index is 1.94. The van der Waals surface area contributed by atoms with Crippen molar-refractivity contribution in [2.24, 2.45) is 0 Å². The van der Waals surface area contributed by atoms with Gasteiger partial charge in [-0.1, -0.05) is 312 Å². The number of rotatable bonds is 67. The van der Waals surface area contributed by atoms with E-state index in [4.69, 9.17) is 14.2 Å². The summed E-state index contributed by atoms with van der Waals surface area (Å²) in [6.45, 7) is 4.31. The second-order valence-corrected chi connectivity index (χ2v) is 26.3. The van der Waals surface area contributed by atoms with Crippen molar-refractivity contribution >= 4 is 11.9 Å². The van der Waals surface area contributed by atoms with Crippen LogP contribution < -0.4 is 5.32 Å². The third-order valence-electron chi connectivity index (χ3n) is 17.8. The summed E-state index contributed by atoms with van der Waals surface area (Å²) in [5.41, 5.74) is 0. The van der Waals surface area contributed by atoms with Gasteiger partial charge < -0.3 is 45.1 Å². The number of carbonyl (C=O) groups is 2.